The smallest absolute Gasteiger partial charge is 0.116 e. The minimum Gasteiger partial charge on any atom is -0.382 e. The van der Waals surface area contributed by atoms with Crippen molar-refractivity contribution in [2.75, 3.05) is 13.1 Å². The molecule has 3 heteroatoms. The molecule has 0 spiro atoms. The highest BCUT2D eigenvalue weighted by atomic mass is 16.3. The van der Waals surface area contributed by atoms with Crippen molar-refractivity contribution in [3.63, 3.8) is 0 Å². The van der Waals surface area contributed by atoms with Crippen LogP contribution in [-0.4, -0.2) is 23.2 Å². The van der Waals surface area contributed by atoms with Crippen LogP contribution in [0.2, 0.25) is 0 Å². The summed E-state index contributed by atoms with van der Waals surface area (Å²) in [7, 11) is 0. The number of nitrogens with one attached hydrogen (secondary N) is 1. The highest BCUT2D eigenvalue weighted by Gasteiger charge is 2.36. The molecule has 3 nitrogen and oxygen atoms in total. The summed E-state index contributed by atoms with van der Waals surface area (Å²) < 4.78 is 0. The number of pyridine rings is 1. The van der Waals surface area contributed by atoms with Crippen LogP contribution in [0, 0.1) is 6.92 Å². The summed E-state index contributed by atoms with van der Waals surface area (Å²) in [6, 6.07) is 1.98. The summed E-state index contributed by atoms with van der Waals surface area (Å²) in [5.74, 6) is 0. The number of hydrogen-bond donors (Lipinski definition) is 2. The Morgan fingerprint density at radius 1 is 1.50 bits per heavy atom. The fraction of sp³-hybridized carbons (Fsp3) is 0.444. The van der Waals surface area contributed by atoms with Gasteiger partial charge in [0, 0.05) is 31.0 Å². The summed E-state index contributed by atoms with van der Waals surface area (Å²) in [5, 5.41) is 12.9. The molecule has 1 aromatic rings. The van der Waals surface area contributed by atoms with Gasteiger partial charge in [0.05, 0.1) is 0 Å². The monoisotopic (exact) mass is 164 g/mol. The molecule has 1 saturated heterocycles. The van der Waals surface area contributed by atoms with Crippen molar-refractivity contribution in [3.8, 4) is 0 Å². The van der Waals surface area contributed by atoms with Crippen molar-refractivity contribution in [1.29, 1.82) is 0 Å². The Kier molecular flexibility index (Phi) is 1.63. The molecule has 0 aromatic carbocycles. The summed E-state index contributed by atoms with van der Waals surface area (Å²) in [6.07, 6.45) is 3.52. The van der Waals surface area contributed by atoms with Gasteiger partial charge in [-0.2, -0.15) is 0 Å². The second-order valence-electron chi connectivity index (χ2n) is 3.39. The first-order valence-corrected chi connectivity index (χ1v) is 4.06. The van der Waals surface area contributed by atoms with Crippen molar-refractivity contribution in [1.82, 2.24) is 10.3 Å². The normalized spacial score (nSPS) is 20.2. The minimum atomic E-state index is -0.668. The van der Waals surface area contributed by atoms with E-state index in [1.807, 2.05) is 13.0 Å². The van der Waals surface area contributed by atoms with E-state index < -0.39 is 5.60 Å². The predicted molar refractivity (Wildman–Crippen MR) is 45.7 cm³/mol. The SMILES string of the molecule is Cc1cncc(C2(O)CNC2)c1. The zero-order chi connectivity index (χ0) is 8.60. The quantitative estimate of drug-likeness (QED) is 0.622. The minimum absolute atomic E-state index is 0.637. The Morgan fingerprint density at radius 3 is 2.75 bits per heavy atom. The van der Waals surface area contributed by atoms with E-state index in [-0.39, 0.29) is 0 Å². The molecule has 1 aromatic heterocycles. The van der Waals surface area contributed by atoms with Gasteiger partial charge in [0.25, 0.3) is 0 Å². The van der Waals surface area contributed by atoms with E-state index in [0.717, 1.165) is 11.1 Å². The summed E-state index contributed by atoms with van der Waals surface area (Å²) >= 11 is 0. The fourth-order valence-corrected chi connectivity index (χ4v) is 1.38. The average Bonchev–Trinajstić information content (AvgIpc) is 2.00. The van der Waals surface area contributed by atoms with E-state index in [4.69, 9.17) is 0 Å². The largest absolute Gasteiger partial charge is 0.382 e. The topological polar surface area (TPSA) is 45.2 Å². The van der Waals surface area contributed by atoms with Gasteiger partial charge in [-0.25, -0.2) is 0 Å². The van der Waals surface area contributed by atoms with E-state index >= 15 is 0 Å². The van der Waals surface area contributed by atoms with Crippen LogP contribution in [0.3, 0.4) is 0 Å². The number of nitrogens with zero attached hydrogens (tertiary/aromatic N) is 1. The van der Waals surface area contributed by atoms with Crippen molar-refractivity contribution >= 4 is 0 Å². The maximum Gasteiger partial charge on any atom is 0.116 e. The molecule has 2 N–H and O–H groups in total. The maximum absolute atomic E-state index is 9.90. The molecule has 0 radical (unpaired) electrons. The third kappa shape index (κ3) is 1.11. The standard InChI is InChI=1S/C9H12N2O/c1-7-2-8(4-10-3-7)9(12)5-11-6-9/h2-4,11-12H,5-6H2,1H3. The molecule has 1 aliphatic heterocycles. The van der Waals surface area contributed by atoms with Crippen LogP contribution in [0.25, 0.3) is 0 Å². The van der Waals surface area contributed by atoms with Crippen LogP contribution >= 0.6 is 0 Å². The molecule has 2 rings (SSSR count). The number of hydrogen-bond acceptors (Lipinski definition) is 3. The van der Waals surface area contributed by atoms with Crippen molar-refractivity contribution in [2.24, 2.45) is 0 Å². The summed E-state index contributed by atoms with van der Waals surface area (Å²) in [6.45, 7) is 3.25. The van der Waals surface area contributed by atoms with E-state index in [0.29, 0.717) is 13.1 Å². The average molecular weight is 164 g/mol. The van der Waals surface area contributed by atoms with Crippen LogP contribution in [0.5, 0.6) is 0 Å². The molecule has 12 heavy (non-hydrogen) atoms. The Morgan fingerprint density at radius 2 is 2.25 bits per heavy atom. The first-order chi connectivity index (χ1) is 5.71. The van der Waals surface area contributed by atoms with Crippen LogP contribution in [0.4, 0.5) is 0 Å². The van der Waals surface area contributed by atoms with Gasteiger partial charge in [-0.1, -0.05) is 6.07 Å². The molecule has 0 unspecified atom stereocenters. The Balaban J connectivity index is 2.33. The number of β-amino-alcohol motifs (C(OH)–C–C–N with tert-alkyl or cyclic N) is 1. The van der Waals surface area contributed by atoms with Gasteiger partial charge in [0.1, 0.15) is 5.60 Å². The van der Waals surface area contributed by atoms with Gasteiger partial charge in [-0.05, 0) is 12.5 Å². The van der Waals surface area contributed by atoms with Crippen molar-refractivity contribution in [2.45, 2.75) is 12.5 Å². The molecule has 1 aliphatic rings. The van der Waals surface area contributed by atoms with Gasteiger partial charge < -0.3 is 10.4 Å². The van der Waals surface area contributed by atoms with Crippen LogP contribution in [0.1, 0.15) is 11.1 Å². The van der Waals surface area contributed by atoms with Crippen LogP contribution in [0.15, 0.2) is 18.5 Å². The van der Waals surface area contributed by atoms with E-state index in [1.54, 1.807) is 12.4 Å². The Hall–Kier alpha value is -0.930. The van der Waals surface area contributed by atoms with Crippen molar-refractivity contribution in [3.05, 3.63) is 29.6 Å². The highest BCUT2D eigenvalue weighted by Crippen LogP contribution is 2.24. The highest BCUT2D eigenvalue weighted by molar-refractivity contribution is 5.26. The zero-order valence-electron chi connectivity index (χ0n) is 7.04. The lowest BCUT2D eigenvalue weighted by Gasteiger charge is -2.37. The third-order valence-electron chi connectivity index (χ3n) is 2.25. The lowest BCUT2D eigenvalue weighted by atomic mass is 9.89. The van der Waals surface area contributed by atoms with Gasteiger partial charge in [-0.3, -0.25) is 4.98 Å². The maximum atomic E-state index is 9.90. The molecule has 0 amide bonds. The molecule has 0 atom stereocenters. The van der Waals surface area contributed by atoms with Gasteiger partial charge in [0.2, 0.25) is 0 Å². The first kappa shape index (κ1) is 7.71. The van der Waals surface area contributed by atoms with Crippen molar-refractivity contribution < 1.29 is 5.11 Å². The molecular weight excluding hydrogens is 152 g/mol. The van der Waals surface area contributed by atoms with Crippen LogP contribution < -0.4 is 5.32 Å². The lowest BCUT2D eigenvalue weighted by Crippen LogP contribution is -2.56. The number of aryl methyl sites for hydroxylation is 1. The molecule has 0 aliphatic carbocycles. The van der Waals surface area contributed by atoms with Gasteiger partial charge in [-0.15, -0.1) is 0 Å². The molecule has 1 fully saturated rings. The second-order valence-corrected chi connectivity index (χ2v) is 3.39. The number of rotatable bonds is 1. The number of aromatic nitrogens is 1. The van der Waals surface area contributed by atoms with E-state index in [1.165, 1.54) is 0 Å². The lowest BCUT2D eigenvalue weighted by molar-refractivity contribution is -0.0149. The summed E-state index contributed by atoms with van der Waals surface area (Å²) in [4.78, 5) is 4.04. The molecule has 64 valence electrons. The molecular formula is C9H12N2O. The Bertz CT molecular complexity index is 294. The fourth-order valence-electron chi connectivity index (χ4n) is 1.38. The van der Waals surface area contributed by atoms with Gasteiger partial charge >= 0.3 is 0 Å². The van der Waals surface area contributed by atoms with Crippen LogP contribution in [-0.2, 0) is 5.60 Å². The zero-order valence-corrected chi connectivity index (χ0v) is 7.04. The first-order valence-electron chi connectivity index (χ1n) is 4.06. The molecule has 0 bridgehead atoms. The van der Waals surface area contributed by atoms with E-state index in [2.05, 4.69) is 10.3 Å². The third-order valence-corrected chi connectivity index (χ3v) is 2.25. The van der Waals surface area contributed by atoms with E-state index in [9.17, 15) is 5.11 Å². The number of aliphatic hydroxyl groups is 1. The van der Waals surface area contributed by atoms with Gasteiger partial charge in [0.15, 0.2) is 0 Å². The second kappa shape index (κ2) is 2.54. The summed E-state index contributed by atoms with van der Waals surface area (Å²) in [5.41, 5.74) is 1.34. The molecule has 2 heterocycles. The Labute approximate surface area is 71.4 Å². The molecule has 0 saturated carbocycles. The predicted octanol–water partition coefficient (Wildman–Crippen LogP) is 0.181.